The van der Waals surface area contributed by atoms with Crippen LogP contribution in [0.15, 0.2) is 42.5 Å². The quantitative estimate of drug-likeness (QED) is 0.832. The van der Waals surface area contributed by atoms with Gasteiger partial charge in [0.1, 0.15) is 0 Å². The molecule has 0 saturated heterocycles. The third kappa shape index (κ3) is 2.78. The molecule has 0 radical (unpaired) electrons. The Morgan fingerprint density at radius 2 is 1.25 bits per heavy atom. The van der Waals surface area contributed by atoms with E-state index in [4.69, 9.17) is 0 Å². The van der Waals surface area contributed by atoms with Crippen molar-refractivity contribution in [2.75, 3.05) is 0 Å². The minimum Gasteiger partial charge on any atom is -0.386 e. The molecule has 0 spiro atoms. The van der Waals surface area contributed by atoms with Crippen LogP contribution in [0.1, 0.15) is 41.7 Å². The molecule has 104 valence electrons. The van der Waals surface area contributed by atoms with Gasteiger partial charge in [-0.1, -0.05) is 42.5 Å². The van der Waals surface area contributed by atoms with E-state index in [1.54, 1.807) is 0 Å². The minimum absolute atomic E-state index is 0.766. The molecule has 4 bridgehead atoms. The number of benzene rings is 2. The topological polar surface area (TPSA) is 20.2 Å². The number of hydrogen-bond acceptors (Lipinski definition) is 1. The Bertz CT molecular complexity index is 603. The molecule has 4 aliphatic carbocycles. The van der Waals surface area contributed by atoms with E-state index >= 15 is 0 Å². The van der Waals surface area contributed by atoms with E-state index in [0.717, 1.165) is 31.2 Å². The highest BCUT2D eigenvalue weighted by molar-refractivity contribution is 5.37. The van der Waals surface area contributed by atoms with Gasteiger partial charge in [0.25, 0.3) is 0 Å². The molecule has 1 nitrogen and oxygen atoms in total. The highest BCUT2D eigenvalue weighted by Crippen LogP contribution is 2.27. The Morgan fingerprint density at radius 3 is 1.85 bits per heavy atom. The van der Waals surface area contributed by atoms with Crippen molar-refractivity contribution in [1.29, 1.82) is 0 Å². The molecule has 0 fully saturated rings. The Labute approximate surface area is 121 Å². The zero-order valence-electron chi connectivity index (χ0n) is 12.3. The van der Waals surface area contributed by atoms with Crippen molar-refractivity contribution in [2.24, 2.45) is 0 Å². The zero-order valence-corrected chi connectivity index (χ0v) is 12.3. The lowest BCUT2D eigenvalue weighted by Gasteiger charge is -2.23. The van der Waals surface area contributed by atoms with Crippen molar-refractivity contribution in [1.82, 2.24) is 0 Å². The van der Waals surface area contributed by atoms with Crippen LogP contribution in [-0.2, 0) is 31.3 Å². The van der Waals surface area contributed by atoms with Gasteiger partial charge in [-0.3, -0.25) is 0 Å². The lowest BCUT2D eigenvalue weighted by Crippen LogP contribution is -2.19. The fourth-order valence-corrected chi connectivity index (χ4v) is 3.01. The summed E-state index contributed by atoms with van der Waals surface area (Å²) in [6.45, 7) is 3.77. The fourth-order valence-electron chi connectivity index (χ4n) is 3.01. The molecule has 0 atom stereocenters. The molecule has 6 rings (SSSR count). The first-order valence-corrected chi connectivity index (χ1v) is 7.45. The SMILES string of the molecule is CC(C)(O)c1cc2ccc1CCc1ccc(cc1)CC2. The summed E-state index contributed by atoms with van der Waals surface area (Å²) in [6.07, 6.45) is 4.11. The van der Waals surface area contributed by atoms with Gasteiger partial charge in [0, 0.05) is 0 Å². The summed E-state index contributed by atoms with van der Waals surface area (Å²) in [4.78, 5) is 0. The van der Waals surface area contributed by atoms with E-state index in [0.29, 0.717) is 0 Å². The van der Waals surface area contributed by atoms with Crippen molar-refractivity contribution >= 4 is 0 Å². The Kier molecular flexibility index (Phi) is 3.39. The molecule has 20 heavy (non-hydrogen) atoms. The van der Waals surface area contributed by atoms with Crippen LogP contribution in [0.3, 0.4) is 0 Å². The third-order valence-electron chi connectivity index (χ3n) is 4.24. The maximum absolute atomic E-state index is 10.4. The van der Waals surface area contributed by atoms with Crippen LogP contribution in [0.2, 0.25) is 0 Å². The van der Waals surface area contributed by atoms with Crippen LogP contribution in [0, 0.1) is 0 Å². The predicted molar refractivity (Wildman–Crippen MR) is 82.9 cm³/mol. The number of rotatable bonds is 1. The van der Waals surface area contributed by atoms with E-state index in [1.165, 1.54) is 22.3 Å². The van der Waals surface area contributed by atoms with Gasteiger partial charge < -0.3 is 5.11 Å². The smallest absolute Gasteiger partial charge is 0.0843 e. The highest BCUT2D eigenvalue weighted by atomic mass is 16.3. The molecule has 0 aliphatic heterocycles. The summed E-state index contributed by atoms with van der Waals surface area (Å²) in [5.41, 5.74) is 5.67. The summed E-state index contributed by atoms with van der Waals surface area (Å²) in [5, 5.41) is 10.4. The van der Waals surface area contributed by atoms with Crippen LogP contribution in [0.25, 0.3) is 0 Å². The number of aliphatic hydroxyl groups is 1. The van der Waals surface area contributed by atoms with Gasteiger partial charge in [0.05, 0.1) is 5.60 Å². The molecule has 0 aromatic heterocycles. The molecular weight excluding hydrogens is 244 g/mol. The summed E-state index contributed by atoms with van der Waals surface area (Å²) < 4.78 is 0. The van der Waals surface area contributed by atoms with Crippen LogP contribution in [-0.4, -0.2) is 5.11 Å². The van der Waals surface area contributed by atoms with E-state index < -0.39 is 5.60 Å². The van der Waals surface area contributed by atoms with Gasteiger partial charge in [-0.15, -0.1) is 0 Å². The Balaban J connectivity index is 2.04. The minimum atomic E-state index is -0.766. The van der Waals surface area contributed by atoms with Gasteiger partial charge >= 0.3 is 0 Å². The fraction of sp³-hybridized carbons (Fsp3) is 0.368. The summed E-state index contributed by atoms with van der Waals surface area (Å²) in [5.74, 6) is 0. The van der Waals surface area contributed by atoms with Gasteiger partial charge in [-0.25, -0.2) is 0 Å². The Morgan fingerprint density at radius 1 is 0.750 bits per heavy atom. The van der Waals surface area contributed by atoms with Crippen LogP contribution in [0.5, 0.6) is 0 Å². The van der Waals surface area contributed by atoms with Crippen LogP contribution in [0.4, 0.5) is 0 Å². The largest absolute Gasteiger partial charge is 0.386 e. The highest BCUT2D eigenvalue weighted by Gasteiger charge is 2.20. The van der Waals surface area contributed by atoms with Gasteiger partial charge in [-0.05, 0) is 67.3 Å². The first-order valence-electron chi connectivity index (χ1n) is 7.45. The second kappa shape index (κ2) is 5.06. The monoisotopic (exact) mass is 266 g/mol. The van der Waals surface area contributed by atoms with Crippen molar-refractivity contribution in [2.45, 2.75) is 45.1 Å². The van der Waals surface area contributed by atoms with Crippen LogP contribution >= 0.6 is 0 Å². The average molecular weight is 266 g/mol. The first-order chi connectivity index (χ1) is 9.52. The van der Waals surface area contributed by atoms with Gasteiger partial charge in [0.15, 0.2) is 0 Å². The van der Waals surface area contributed by atoms with Crippen LogP contribution < -0.4 is 0 Å². The molecule has 4 aliphatic rings. The maximum atomic E-state index is 10.4. The standard InChI is InChI=1S/C19H22O/c1-19(2,20)18-13-16-8-7-14-3-5-15(6-4-14)9-11-17(18)12-10-16/h3-6,10,12-13,20H,7-9,11H2,1-2H3. The van der Waals surface area contributed by atoms with E-state index in [2.05, 4.69) is 42.5 Å². The first kappa shape index (κ1) is 13.4. The molecule has 2 aromatic carbocycles. The second-order valence-electron chi connectivity index (χ2n) is 6.37. The lowest BCUT2D eigenvalue weighted by molar-refractivity contribution is 0.0775. The molecule has 0 unspecified atom stereocenters. The van der Waals surface area contributed by atoms with E-state index in [-0.39, 0.29) is 0 Å². The maximum Gasteiger partial charge on any atom is 0.0843 e. The zero-order chi connectivity index (χ0) is 14.2. The van der Waals surface area contributed by atoms with Gasteiger partial charge in [0.2, 0.25) is 0 Å². The molecule has 1 heteroatoms. The predicted octanol–water partition coefficient (Wildman–Crippen LogP) is 3.80. The molecule has 0 heterocycles. The second-order valence-corrected chi connectivity index (χ2v) is 6.37. The van der Waals surface area contributed by atoms with E-state index in [1.807, 2.05) is 13.8 Å². The lowest BCUT2D eigenvalue weighted by atomic mass is 9.87. The number of aryl methyl sites for hydroxylation is 4. The van der Waals surface area contributed by atoms with Crippen molar-refractivity contribution in [3.63, 3.8) is 0 Å². The summed E-state index contributed by atoms with van der Waals surface area (Å²) in [7, 11) is 0. The van der Waals surface area contributed by atoms with Gasteiger partial charge in [-0.2, -0.15) is 0 Å². The third-order valence-corrected chi connectivity index (χ3v) is 4.24. The molecule has 0 amide bonds. The van der Waals surface area contributed by atoms with Crippen molar-refractivity contribution in [3.05, 3.63) is 70.3 Å². The Hall–Kier alpha value is -1.60. The molecule has 1 N–H and O–H groups in total. The average Bonchev–Trinajstić information content (AvgIpc) is 2.40. The van der Waals surface area contributed by atoms with Crippen molar-refractivity contribution < 1.29 is 5.11 Å². The number of hydrogen-bond donors (Lipinski definition) is 1. The van der Waals surface area contributed by atoms with E-state index in [9.17, 15) is 5.11 Å². The summed E-state index contributed by atoms with van der Waals surface area (Å²) >= 11 is 0. The molecule has 2 aromatic rings. The molecular formula is C19H22O. The molecule has 0 saturated carbocycles. The normalized spacial score (nSPS) is 14.9. The van der Waals surface area contributed by atoms with Crippen molar-refractivity contribution in [3.8, 4) is 0 Å². The summed E-state index contributed by atoms with van der Waals surface area (Å²) in [6, 6.07) is 15.6.